The third-order valence-electron chi connectivity index (χ3n) is 4.63. The fourth-order valence-corrected chi connectivity index (χ4v) is 2.95. The highest BCUT2D eigenvalue weighted by Crippen LogP contribution is 2.23. The number of halogens is 1. The largest absolute Gasteiger partial charge is 0.324 e. The minimum Gasteiger partial charge on any atom is -0.324 e. The van der Waals surface area contributed by atoms with Crippen molar-refractivity contribution in [3.63, 3.8) is 0 Å². The summed E-state index contributed by atoms with van der Waals surface area (Å²) in [5, 5.41) is 13.2. The second-order valence-electron chi connectivity index (χ2n) is 7.50. The van der Waals surface area contributed by atoms with E-state index < -0.39 is 11.3 Å². The van der Waals surface area contributed by atoms with Crippen molar-refractivity contribution in [2.75, 3.05) is 5.32 Å². The molecule has 1 N–H and O–H groups in total. The molecule has 0 radical (unpaired) electrons. The molecule has 0 spiro atoms. The molecule has 1 amide bonds. The van der Waals surface area contributed by atoms with Crippen LogP contribution >= 0.6 is 0 Å². The Hall–Kier alpha value is -3.52. The Morgan fingerprint density at radius 1 is 1.21 bits per heavy atom. The first-order valence-electron chi connectivity index (χ1n) is 9.38. The Bertz CT molecular complexity index is 1080. The molecule has 29 heavy (non-hydrogen) atoms. The van der Waals surface area contributed by atoms with Gasteiger partial charge in [0.1, 0.15) is 5.82 Å². The predicted molar refractivity (Wildman–Crippen MR) is 113 cm³/mol. The number of hydrogen-bond acceptors (Lipinski definition) is 3. The van der Waals surface area contributed by atoms with Crippen LogP contribution in [0.1, 0.15) is 19.4 Å². The maximum absolute atomic E-state index is 13.2. The van der Waals surface area contributed by atoms with Gasteiger partial charge in [-0.3, -0.25) is 9.78 Å². The van der Waals surface area contributed by atoms with Gasteiger partial charge >= 0.3 is 0 Å². The van der Waals surface area contributed by atoms with Gasteiger partial charge in [0.15, 0.2) is 0 Å². The second kappa shape index (κ2) is 8.66. The van der Waals surface area contributed by atoms with Crippen LogP contribution < -0.4 is 5.32 Å². The van der Waals surface area contributed by atoms with Gasteiger partial charge in [0.25, 0.3) is 0 Å². The molecule has 0 aliphatic rings. The number of hydrogen-bond donors (Lipinski definition) is 1. The lowest BCUT2D eigenvalue weighted by atomic mass is 9.90. The SMILES string of the molecule is CC(C)(C#N)/C=C/C(Cc1ccc(F)cc1)C(=O)Nc1cccc2cccnc12. The van der Waals surface area contributed by atoms with E-state index in [0.717, 1.165) is 10.9 Å². The van der Waals surface area contributed by atoms with Crippen LogP contribution in [0.25, 0.3) is 10.9 Å². The highest BCUT2D eigenvalue weighted by Gasteiger charge is 2.20. The number of amides is 1. The number of nitrogens with zero attached hydrogens (tertiary/aromatic N) is 2. The number of benzene rings is 2. The van der Waals surface area contributed by atoms with Gasteiger partial charge in [-0.2, -0.15) is 5.26 Å². The van der Waals surface area contributed by atoms with E-state index in [-0.39, 0.29) is 11.7 Å². The monoisotopic (exact) mass is 387 g/mol. The Balaban J connectivity index is 1.88. The predicted octanol–water partition coefficient (Wildman–Crippen LogP) is 5.28. The standard InChI is InChI=1S/C24H22FN3O/c1-24(2,16-26)13-12-19(15-17-8-10-20(25)11-9-17)23(29)28-21-7-3-5-18-6-4-14-27-22(18)21/h3-14,19H,15H2,1-2H3,(H,28,29)/b13-12+. The zero-order valence-electron chi connectivity index (χ0n) is 16.4. The molecule has 0 saturated heterocycles. The van der Waals surface area contributed by atoms with Gasteiger partial charge in [0.05, 0.1) is 28.6 Å². The van der Waals surface area contributed by atoms with Gasteiger partial charge < -0.3 is 5.32 Å². The summed E-state index contributed by atoms with van der Waals surface area (Å²) in [4.78, 5) is 17.5. The zero-order valence-corrected chi connectivity index (χ0v) is 16.4. The summed E-state index contributed by atoms with van der Waals surface area (Å²) in [7, 11) is 0. The minimum absolute atomic E-state index is 0.211. The van der Waals surface area contributed by atoms with E-state index in [1.807, 2.05) is 30.3 Å². The molecule has 3 aromatic rings. The first-order chi connectivity index (χ1) is 13.9. The number of carbonyl (C=O) groups excluding carboxylic acids is 1. The Labute approximate surface area is 169 Å². The summed E-state index contributed by atoms with van der Waals surface area (Å²) in [6.07, 6.45) is 5.56. The normalized spacial score (nSPS) is 12.6. The zero-order chi connectivity index (χ0) is 20.9. The van der Waals surface area contributed by atoms with E-state index in [4.69, 9.17) is 0 Å². The Kier molecular flexibility index (Phi) is 6.04. The fraction of sp³-hybridized carbons (Fsp3) is 0.208. The molecule has 4 nitrogen and oxygen atoms in total. The topological polar surface area (TPSA) is 65.8 Å². The number of nitriles is 1. The van der Waals surface area contributed by atoms with Crippen LogP contribution in [0.2, 0.25) is 0 Å². The molecule has 1 atom stereocenters. The molecule has 146 valence electrons. The van der Waals surface area contributed by atoms with Crippen LogP contribution in [0.3, 0.4) is 0 Å². The lowest BCUT2D eigenvalue weighted by Gasteiger charge is -2.16. The highest BCUT2D eigenvalue weighted by atomic mass is 19.1. The lowest BCUT2D eigenvalue weighted by Crippen LogP contribution is -2.24. The summed E-state index contributed by atoms with van der Waals surface area (Å²) >= 11 is 0. The number of fused-ring (bicyclic) bond motifs is 1. The van der Waals surface area contributed by atoms with Gasteiger partial charge in [-0.1, -0.05) is 42.5 Å². The van der Waals surface area contributed by atoms with Gasteiger partial charge in [-0.05, 0) is 50.1 Å². The molecule has 0 aliphatic heterocycles. The average Bonchev–Trinajstić information content (AvgIpc) is 2.72. The smallest absolute Gasteiger partial charge is 0.231 e. The molecule has 0 aliphatic carbocycles. The number of pyridine rings is 1. The van der Waals surface area contributed by atoms with Gasteiger partial charge in [-0.15, -0.1) is 0 Å². The first kappa shape index (κ1) is 20.2. The van der Waals surface area contributed by atoms with Gasteiger partial charge in [-0.25, -0.2) is 4.39 Å². The van der Waals surface area contributed by atoms with Crippen LogP contribution in [0.5, 0.6) is 0 Å². The van der Waals surface area contributed by atoms with Crippen LogP contribution in [0, 0.1) is 28.5 Å². The molecule has 1 heterocycles. The van der Waals surface area contributed by atoms with E-state index in [0.29, 0.717) is 17.6 Å². The number of nitrogens with one attached hydrogen (secondary N) is 1. The van der Waals surface area contributed by atoms with Crippen LogP contribution in [0.4, 0.5) is 10.1 Å². The van der Waals surface area contributed by atoms with E-state index in [1.165, 1.54) is 12.1 Å². The maximum atomic E-state index is 13.2. The van der Waals surface area contributed by atoms with Crippen molar-refractivity contribution in [1.29, 1.82) is 5.26 Å². The van der Waals surface area contributed by atoms with Crippen LogP contribution in [0.15, 0.2) is 72.9 Å². The Morgan fingerprint density at radius 2 is 1.93 bits per heavy atom. The number of anilines is 1. The number of rotatable bonds is 6. The average molecular weight is 387 g/mol. The van der Waals surface area contributed by atoms with E-state index in [1.54, 1.807) is 44.3 Å². The number of aromatic nitrogens is 1. The minimum atomic E-state index is -0.692. The van der Waals surface area contributed by atoms with Gasteiger partial charge in [0.2, 0.25) is 5.91 Å². The second-order valence-corrected chi connectivity index (χ2v) is 7.50. The summed E-state index contributed by atoms with van der Waals surface area (Å²) < 4.78 is 13.2. The molecular formula is C24H22FN3O. The first-order valence-corrected chi connectivity index (χ1v) is 9.38. The van der Waals surface area contributed by atoms with E-state index in [9.17, 15) is 14.4 Å². The van der Waals surface area contributed by atoms with Crippen molar-refractivity contribution in [3.8, 4) is 6.07 Å². The van der Waals surface area contributed by atoms with Crippen molar-refractivity contribution in [2.24, 2.45) is 11.3 Å². The molecule has 5 heteroatoms. The highest BCUT2D eigenvalue weighted by molar-refractivity contribution is 6.01. The third kappa shape index (κ3) is 5.26. The Morgan fingerprint density at radius 3 is 2.66 bits per heavy atom. The summed E-state index contributed by atoms with van der Waals surface area (Å²) in [5.74, 6) is -1.05. The molecule has 1 aromatic heterocycles. The van der Waals surface area contributed by atoms with Crippen LogP contribution in [-0.2, 0) is 11.2 Å². The molecule has 0 fully saturated rings. The van der Waals surface area contributed by atoms with E-state index in [2.05, 4.69) is 16.4 Å². The van der Waals surface area contributed by atoms with Crippen LogP contribution in [-0.4, -0.2) is 10.9 Å². The summed E-state index contributed by atoms with van der Waals surface area (Å²) in [5.41, 5.74) is 1.49. The van der Waals surface area contributed by atoms with Crippen molar-refractivity contribution < 1.29 is 9.18 Å². The van der Waals surface area contributed by atoms with Crippen molar-refractivity contribution >= 4 is 22.5 Å². The number of carbonyl (C=O) groups is 1. The molecule has 3 rings (SSSR count). The van der Waals surface area contributed by atoms with Crippen molar-refractivity contribution in [3.05, 3.63) is 84.3 Å². The molecule has 0 bridgehead atoms. The van der Waals surface area contributed by atoms with Crippen molar-refractivity contribution in [2.45, 2.75) is 20.3 Å². The molecule has 1 unspecified atom stereocenters. The lowest BCUT2D eigenvalue weighted by molar-refractivity contribution is -0.118. The molecular weight excluding hydrogens is 365 g/mol. The summed E-state index contributed by atoms with van der Waals surface area (Å²) in [6.45, 7) is 3.57. The number of allylic oxidation sites excluding steroid dienone is 1. The fourth-order valence-electron chi connectivity index (χ4n) is 2.95. The molecule has 2 aromatic carbocycles. The maximum Gasteiger partial charge on any atom is 0.231 e. The van der Waals surface area contributed by atoms with Crippen molar-refractivity contribution in [1.82, 2.24) is 4.98 Å². The quantitative estimate of drug-likeness (QED) is 0.586. The number of para-hydroxylation sites is 1. The van der Waals surface area contributed by atoms with Gasteiger partial charge in [0, 0.05) is 11.6 Å². The third-order valence-corrected chi connectivity index (χ3v) is 4.63. The summed E-state index contributed by atoms with van der Waals surface area (Å²) in [6, 6.07) is 17.7. The van der Waals surface area contributed by atoms with E-state index >= 15 is 0 Å². The molecule has 0 saturated carbocycles.